The van der Waals surface area contributed by atoms with E-state index in [4.69, 9.17) is 9.29 Å². The number of allylic oxidation sites excluding steroid dienone is 2. The number of ether oxygens (including phenoxy) is 1. The Morgan fingerprint density at radius 1 is 0.815 bits per heavy atom. The van der Waals surface area contributed by atoms with Gasteiger partial charge in [0.1, 0.15) is 0 Å². The van der Waals surface area contributed by atoms with Crippen LogP contribution in [0, 0.1) is 0 Å². The van der Waals surface area contributed by atoms with Crippen LogP contribution in [0.4, 0.5) is 0 Å². The lowest BCUT2D eigenvalue weighted by Gasteiger charge is -2.07. The molecule has 5 nitrogen and oxygen atoms in total. The van der Waals surface area contributed by atoms with Crippen molar-refractivity contribution in [3.63, 3.8) is 0 Å². The predicted molar refractivity (Wildman–Crippen MR) is 111 cm³/mol. The third kappa shape index (κ3) is 23.1. The average molecular weight is 405 g/mol. The molecule has 0 amide bonds. The summed E-state index contributed by atoms with van der Waals surface area (Å²) in [5.41, 5.74) is 0. The van der Waals surface area contributed by atoms with Crippen molar-refractivity contribution in [1.29, 1.82) is 0 Å². The van der Waals surface area contributed by atoms with E-state index in [1.807, 2.05) is 13.8 Å². The molecule has 0 atom stereocenters. The molecular formula is C21H40O5S. The van der Waals surface area contributed by atoms with E-state index in [9.17, 15) is 13.2 Å². The van der Waals surface area contributed by atoms with Crippen molar-refractivity contribution in [2.45, 2.75) is 110 Å². The van der Waals surface area contributed by atoms with Gasteiger partial charge in [0.15, 0.2) is 0 Å². The molecule has 160 valence electrons. The minimum atomic E-state index is -3.78. The van der Waals surface area contributed by atoms with Gasteiger partial charge in [0, 0.05) is 6.42 Å². The molecule has 6 heteroatoms. The second-order valence-corrected chi connectivity index (χ2v) is 9.08. The summed E-state index contributed by atoms with van der Waals surface area (Å²) in [5, 5.41) is 0. The van der Waals surface area contributed by atoms with E-state index in [1.54, 1.807) is 0 Å². The van der Waals surface area contributed by atoms with Crippen molar-refractivity contribution in [3.05, 3.63) is 12.2 Å². The molecule has 0 aliphatic heterocycles. The van der Waals surface area contributed by atoms with Crippen LogP contribution in [-0.2, 0) is 19.6 Å². The molecule has 0 rings (SSSR count). The van der Waals surface area contributed by atoms with Crippen molar-refractivity contribution in [2.75, 3.05) is 5.75 Å². The molecule has 0 fully saturated rings. The Balaban J connectivity index is 3.24. The van der Waals surface area contributed by atoms with E-state index in [2.05, 4.69) is 12.2 Å². The third-order valence-corrected chi connectivity index (χ3v) is 5.11. The van der Waals surface area contributed by atoms with Crippen LogP contribution >= 0.6 is 0 Å². The summed E-state index contributed by atoms with van der Waals surface area (Å²) < 4.78 is 34.9. The van der Waals surface area contributed by atoms with Gasteiger partial charge in [-0.25, -0.2) is 0 Å². The normalized spacial score (nSPS) is 12.1. The minimum Gasteiger partial charge on any atom is -0.463 e. The second kappa shape index (κ2) is 17.2. The Kier molecular flexibility index (Phi) is 16.7. The van der Waals surface area contributed by atoms with Gasteiger partial charge in [0.2, 0.25) is 0 Å². The lowest BCUT2D eigenvalue weighted by atomic mass is 10.1. The molecular weight excluding hydrogens is 364 g/mol. The van der Waals surface area contributed by atoms with E-state index in [-0.39, 0.29) is 17.8 Å². The van der Waals surface area contributed by atoms with Crippen molar-refractivity contribution >= 4 is 16.1 Å². The highest BCUT2D eigenvalue weighted by atomic mass is 32.2. The van der Waals surface area contributed by atoms with Gasteiger partial charge in [-0.3, -0.25) is 9.35 Å². The van der Waals surface area contributed by atoms with Crippen LogP contribution in [0.15, 0.2) is 12.2 Å². The Morgan fingerprint density at radius 3 is 1.74 bits per heavy atom. The van der Waals surface area contributed by atoms with Gasteiger partial charge >= 0.3 is 5.97 Å². The summed E-state index contributed by atoms with van der Waals surface area (Å²) in [6.45, 7) is 3.76. The molecule has 27 heavy (non-hydrogen) atoms. The Bertz CT molecular complexity index is 483. The standard InChI is InChI=1S/C21H40O5S/c1-20(2)26-21(22)18-16-14-12-10-8-6-4-3-5-7-9-11-13-15-17-19-27(23,24)25/h3-4,20H,5-19H2,1-2H3,(H,23,24,25). The molecule has 0 saturated heterocycles. The lowest BCUT2D eigenvalue weighted by Crippen LogP contribution is -2.10. The zero-order chi connectivity index (χ0) is 20.4. The highest BCUT2D eigenvalue weighted by molar-refractivity contribution is 7.85. The number of hydrogen-bond acceptors (Lipinski definition) is 4. The first-order valence-electron chi connectivity index (χ1n) is 10.6. The van der Waals surface area contributed by atoms with Gasteiger partial charge in [-0.15, -0.1) is 0 Å². The summed E-state index contributed by atoms with van der Waals surface area (Å²) in [7, 11) is -3.78. The lowest BCUT2D eigenvalue weighted by molar-refractivity contribution is -0.147. The van der Waals surface area contributed by atoms with Gasteiger partial charge in [0.25, 0.3) is 10.1 Å². The maximum atomic E-state index is 11.4. The molecule has 0 radical (unpaired) electrons. The molecule has 0 aliphatic carbocycles. The first kappa shape index (κ1) is 26.1. The number of carbonyl (C=O) groups is 1. The monoisotopic (exact) mass is 404 g/mol. The summed E-state index contributed by atoms with van der Waals surface area (Å²) in [6.07, 6.45) is 18.9. The van der Waals surface area contributed by atoms with Crippen molar-refractivity contribution < 1.29 is 22.5 Å². The maximum absolute atomic E-state index is 11.4. The van der Waals surface area contributed by atoms with E-state index >= 15 is 0 Å². The predicted octanol–water partition coefficient (Wildman–Crippen LogP) is 5.84. The van der Waals surface area contributed by atoms with Gasteiger partial charge in [-0.2, -0.15) is 8.42 Å². The Morgan fingerprint density at radius 2 is 1.26 bits per heavy atom. The number of unbranched alkanes of at least 4 members (excludes halogenated alkanes) is 11. The van der Waals surface area contributed by atoms with Crippen LogP contribution in [0.1, 0.15) is 104 Å². The van der Waals surface area contributed by atoms with Gasteiger partial charge < -0.3 is 4.74 Å². The van der Waals surface area contributed by atoms with Crippen LogP contribution in [0.25, 0.3) is 0 Å². The number of carbonyl (C=O) groups excluding carboxylic acids is 1. The topological polar surface area (TPSA) is 80.7 Å². The third-order valence-electron chi connectivity index (χ3n) is 4.31. The van der Waals surface area contributed by atoms with Gasteiger partial charge in [0.05, 0.1) is 11.9 Å². The zero-order valence-corrected chi connectivity index (χ0v) is 18.1. The van der Waals surface area contributed by atoms with E-state index in [1.165, 1.54) is 32.1 Å². The van der Waals surface area contributed by atoms with Crippen LogP contribution in [0.2, 0.25) is 0 Å². The number of rotatable bonds is 18. The summed E-state index contributed by atoms with van der Waals surface area (Å²) in [4.78, 5) is 11.4. The zero-order valence-electron chi connectivity index (χ0n) is 17.3. The van der Waals surface area contributed by atoms with Crippen LogP contribution < -0.4 is 0 Å². The number of esters is 1. The smallest absolute Gasteiger partial charge is 0.306 e. The van der Waals surface area contributed by atoms with Crippen molar-refractivity contribution in [3.8, 4) is 0 Å². The molecule has 1 N–H and O–H groups in total. The average Bonchev–Trinajstić information content (AvgIpc) is 2.56. The molecule has 0 unspecified atom stereocenters. The van der Waals surface area contributed by atoms with E-state index in [0.717, 1.165) is 44.9 Å². The van der Waals surface area contributed by atoms with Crippen LogP contribution in [0.3, 0.4) is 0 Å². The summed E-state index contributed by atoms with van der Waals surface area (Å²) >= 11 is 0. The maximum Gasteiger partial charge on any atom is 0.306 e. The molecule has 0 saturated carbocycles. The van der Waals surface area contributed by atoms with Crippen molar-refractivity contribution in [1.82, 2.24) is 0 Å². The highest BCUT2D eigenvalue weighted by Crippen LogP contribution is 2.10. The van der Waals surface area contributed by atoms with Crippen LogP contribution in [-0.4, -0.2) is 30.8 Å². The molecule has 0 aromatic heterocycles. The summed E-state index contributed by atoms with van der Waals surface area (Å²) in [5.74, 6) is -0.188. The Labute approximate surface area is 166 Å². The van der Waals surface area contributed by atoms with Crippen molar-refractivity contribution in [2.24, 2.45) is 0 Å². The molecule has 0 aromatic carbocycles. The molecule has 0 spiro atoms. The first-order valence-corrected chi connectivity index (χ1v) is 12.2. The van der Waals surface area contributed by atoms with E-state index in [0.29, 0.717) is 12.8 Å². The molecule has 0 aromatic rings. The fourth-order valence-electron chi connectivity index (χ4n) is 2.87. The summed E-state index contributed by atoms with van der Waals surface area (Å²) in [6, 6.07) is 0. The second-order valence-electron chi connectivity index (χ2n) is 7.51. The molecule has 0 heterocycles. The minimum absolute atomic E-state index is 0.0118. The SMILES string of the molecule is CC(C)OC(=O)CCCCCCCC=CCCCCCCCCS(=O)(=O)O. The fraction of sp³-hybridized carbons (Fsp3) is 0.857. The Hall–Kier alpha value is -0.880. The first-order chi connectivity index (χ1) is 12.8. The van der Waals surface area contributed by atoms with Gasteiger partial charge in [-0.05, 0) is 52.4 Å². The quantitative estimate of drug-likeness (QED) is 0.134. The van der Waals surface area contributed by atoms with Gasteiger partial charge in [-0.1, -0.05) is 57.1 Å². The highest BCUT2D eigenvalue weighted by Gasteiger charge is 2.04. The fourth-order valence-corrected chi connectivity index (χ4v) is 3.44. The van der Waals surface area contributed by atoms with E-state index < -0.39 is 10.1 Å². The largest absolute Gasteiger partial charge is 0.463 e. The molecule has 0 aliphatic rings. The number of hydrogen-bond donors (Lipinski definition) is 1. The molecule has 0 bridgehead atoms. The van der Waals surface area contributed by atoms with Crippen LogP contribution in [0.5, 0.6) is 0 Å².